The molecule has 0 heterocycles. The standard InChI is InChI=1S/C17H20N2O2/c1-3-14(18)17(20)19-15-6-4-5-7-16(15)21-13-10-8-12(2)9-11-13/h4-11,14H,3,18H2,1-2H3,(H,19,20). The van der Waals surface area contributed by atoms with Crippen LogP contribution in [0.5, 0.6) is 11.5 Å². The third-order valence-corrected chi connectivity index (χ3v) is 3.17. The summed E-state index contributed by atoms with van der Waals surface area (Å²) in [5.41, 5.74) is 7.51. The Morgan fingerprint density at radius 1 is 1.19 bits per heavy atom. The second-order valence-electron chi connectivity index (χ2n) is 4.92. The van der Waals surface area contributed by atoms with E-state index in [0.29, 0.717) is 17.9 Å². The topological polar surface area (TPSA) is 64.4 Å². The van der Waals surface area contributed by atoms with E-state index in [1.165, 1.54) is 0 Å². The Hall–Kier alpha value is -2.33. The number of aryl methyl sites for hydroxylation is 1. The van der Waals surface area contributed by atoms with Crippen molar-refractivity contribution < 1.29 is 9.53 Å². The lowest BCUT2D eigenvalue weighted by atomic mass is 10.2. The van der Waals surface area contributed by atoms with Crippen molar-refractivity contribution in [3.63, 3.8) is 0 Å². The quantitative estimate of drug-likeness (QED) is 0.883. The number of nitrogens with two attached hydrogens (primary N) is 1. The van der Waals surface area contributed by atoms with Gasteiger partial charge in [-0.05, 0) is 37.6 Å². The lowest BCUT2D eigenvalue weighted by Crippen LogP contribution is -2.34. The van der Waals surface area contributed by atoms with E-state index in [0.717, 1.165) is 11.3 Å². The molecule has 0 saturated heterocycles. The largest absolute Gasteiger partial charge is 0.455 e. The molecule has 0 bridgehead atoms. The fraction of sp³-hybridized carbons (Fsp3) is 0.235. The molecule has 1 atom stereocenters. The fourth-order valence-corrected chi connectivity index (χ4v) is 1.80. The summed E-state index contributed by atoms with van der Waals surface area (Å²) in [5.74, 6) is 1.11. The molecule has 4 nitrogen and oxygen atoms in total. The number of ether oxygens (including phenoxy) is 1. The first kappa shape index (κ1) is 15.1. The van der Waals surface area contributed by atoms with Crippen LogP contribution in [0.2, 0.25) is 0 Å². The summed E-state index contributed by atoms with van der Waals surface area (Å²) < 4.78 is 5.82. The van der Waals surface area contributed by atoms with Crippen LogP contribution in [0.25, 0.3) is 0 Å². The second kappa shape index (κ2) is 6.90. The summed E-state index contributed by atoms with van der Waals surface area (Å²) in [6.45, 7) is 3.89. The van der Waals surface area contributed by atoms with Crippen LogP contribution in [-0.2, 0) is 4.79 Å². The molecule has 2 aromatic rings. The van der Waals surface area contributed by atoms with Gasteiger partial charge in [-0.3, -0.25) is 4.79 Å². The van der Waals surface area contributed by atoms with Crippen molar-refractivity contribution >= 4 is 11.6 Å². The first-order valence-electron chi connectivity index (χ1n) is 7.00. The van der Waals surface area contributed by atoms with Gasteiger partial charge >= 0.3 is 0 Å². The highest BCUT2D eigenvalue weighted by Crippen LogP contribution is 2.29. The zero-order valence-corrected chi connectivity index (χ0v) is 12.3. The maximum Gasteiger partial charge on any atom is 0.241 e. The van der Waals surface area contributed by atoms with Crippen LogP contribution in [0.1, 0.15) is 18.9 Å². The second-order valence-corrected chi connectivity index (χ2v) is 4.92. The Labute approximate surface area is 124 Å². The molecule has 0 fully saturated rings. The van der Waals surface area contributed by atoms with Gasteiger partial charge < -0.3 is 15.8 Å². The van der Waals surface area contributed by atoms with E-state index in [1.807, 2.05) is 56.3 Å². The van der Waals surface area contributed by atoms with Crippen LogP contribution in [0.3, 0.4) is 0 Å². The van der Waals surface area contributed by atoms with Gasteiger partial charge in [-0.2, -0.15) is 0 Å². The van der Waals surface area contributed by atoms with Gasteiger partial charge in [0.05, 0.1) is 11.7 Å². The first-order chi connectivity index (χ1) is 10.1. The van der Waals surface area contributed by atoms with Gasteiger partial charge in [-0.1, -0.05) is 36.8 Å². The Kier molecular flexibility index (Phi) is 4.95. The predicted octanol–water partition coefficient (Wildman–Crippen LogP) is 3.46. The summed E-state index contributed by atoms with van der Waals surface area (Å²) in [6.07, 6.45) is 0.590. The van der Waals surface area contributed by atoms with Crippen molar-refractivity contribution in [3.8, 4) is 11.5 Å². The average molecular weight is 284 g/mol. The highest BCUT2D eigenvalue weighted by molar-refractivity contribution is 5.95. The van der Waals surface area contributed by atoms with Gasteiger partial charge in [0.25, 0.3) is 0 Å². The van der Waals surface area contributed by atoms with Crippen LogP contribution >= 0.6 is 0 Å². The van der Waals surface area contributed by atoms with E-state index < -0.39 is 6.04 Å². The highest BCUT2D eigenvalue weighted by Gasteiger charge is 2.13. The molecule has 0 aliphatic heterocycles. The molecule has 1 amide bonds. The molecule has 0 aliphatic rings. The Bertz CT molecular complexity index is 608. The van der Waals surface area contributed by atoms with Crippen molar-refractivity contribution in [1.29, 1.82) is 0 Å². The molecule has 1 unspecified atom stereocenters. The Balaban J connectivity index is 2.17. The van der Waals surface area contributed by atoms with E-state index in [2.05, 4.69) is 5.32 Å². The van der Waals surface area contributed by atoms with Crippen molar-refractivity contribution in [3.05, 3.63) is 54.1 Å². The van der Waals surface area contributed by atoms with Gasteiger partial charge in [0.15, 0.2) is 5.75 Å². The average Bonchev–Trinajstić information content (AvgIpc) is 2.50. The number of nitrogens with one attached hydrogen (secondary N) is 1. The van der Waals surface area contributed by atoms with Gasteiger partial charge in [0.1, 0.15) is 5.75 Å². The molecular weight excluding hydrogens is 264 g/mol. The summed E-state index contributed by atoms with van der Waals surface area (Å²) in [4.78, 5) is 11.9. The number of carbonyl (C=O) groups excluding carboxylic acids is 1. The minimum atomic E-state index is -0.516. The molecule has 0 aromatic heterocycles. The number of hydrogen-bond acceptors (Lipinski definition) is 3. The molecule has 21 heavy (non-hydrogen) atoms. The third kappa shape index (κ3) is 4.07. The highest BCUT2D eigenvalue weighted by atomic mass is 16.5. The van der Waals surface area contributed by atoms with Crippen molar-refractivity contribution in [2.45, 2.75) is 26.3 Å². The molecule has 0 spiro atoms. The molecular formula is C17H20N2O2. The molecule has 3 N–H and O–H groups in total. The van der Waals surface area contributed by atoms with E-state index in [1.54, 1.807) is 6.07 Å². The summed E-state index contributed by atoms with van der Waals surface area (Å²) in [7, 11) is 0. The molecule has 0 aliphatic carbocycles. The van der Waals surface area contributed by atoms with E-state index in [4.69, 9.17) is 10.5 Å². The first-order valence-corrected chi connectivity index (χ1v) is 7.00. The lowest BCUT2D eigenvalue weighted by Gasteiger charge is -2.14. The van der Waals surface area contributed by atoms with Crippen LogP contribution in [-0.4, -0.2) is 11.9 Å². The van der Waals surface area contributed by atoms with Crippen LogP contribution in [0.15, 0.2) is 48.5 Å². The Morgan fingerprint density at radius 3 is 2.52 bits per heavy atom. The number of para-hydroxylation sites is 2. The normalized spacial score (nSPS) is 11.8. The van der Waals surface area contributed by atoms with Crippen molar-refractivity contribution in [2.75, 3.05) is 5.32 Å². The molecule has 0 saturated carbocycles. The van der Waals surface area contributed by atoms with Gasteiger partial charge in [-0.15, -0.1) is 0 Å². The SMILES string of the molecule is CCC(N)C(=O)Nc1ccccc1Oc1ccc(C)cc1. The van der Waals surface area contributed by atoms with E-state index in [-0.39, 0.29) is 5.91 Å². The number of hydrogen-bond donors (Lipinski definition) is 2. The van der Waals surface area contributed by atoms with Crippen LogP contribution in [0, 0.1) is 6.92 Å². The summed E-state index contributed by atoms with van der Waals surface area (Å²) in [5, 5.41) is 2.80. The molecule has 4 heteroatoms. The number of benzene rings is 2. The minimum absolute atomic E-state index is 0.211. The maximum absolute atomic E-state index is 11.9. The molecule has 2 aromatic carbocycles. The van der Waals surface area contributed by atoms with Crippen LogP contribution in [0.4, 0.5) is 5.69 Å². The monoisotopic (exact) mass is 284 g/mol. The summed E-state index contributed by atoms with van der Waals surface area (Å²) in [6, 6.07) is 14.5. The van der Waals surface area contributed by atoms with E-state index >= 15 is 0 Å². The van der Waals surface area contributed by atoms with Crippen LogP contribution < -0.4 is 15.8 Å². The predicted molar refractivity (Wildman–Crippen MR) is 84.6 cm³/mol. The lowest BCUT2D eigenvalue weighted by molar-refractivity contribution is -0.117. The minimum Gasteiger partial charge on any atom is -0.455 e. The fourth-order valence-electron chi connectivity index (χ4n) is 1.80. The number of rotatable bonds is 5. The van der Waals surface area contributed by atoms with Gasteiger partial charge in [0, 0.05) is 0 Å². The van der Waals surface area contributed by atoms with E-state index in [9.17, 15) is 4.79 Å². The Morgan fingerprint density at radius 2 is 1.86 bits per heavy atom. The third-order valence-electron chi connectivity index (χ3n) is 3.17. The summed E-state index contributed by atoms with van der Waals surface area (Å²) >= 11 is 0. The van der Waals surface area contributed by atoms with Crippen molar-refractivity contribution in [1.82, 2.24) is 0 Å². The smallest absolute Gasteiger partial charge is 0.241 e. The van der Waals surface area contributed by atoms with Gasteiger partial charge in [0.2, 0.25) is 5.91 Å². The number of carbonyl (C=O) groups is 1. The zero-order chi connectivity index (χ0) is 15.2. The van der Waals surface area contributed by atoms with Gasteiger partial charge in [-0.25, -0.2) is 0 Å². The number of anilines is 1. The molecule has 2 rings (SSSR count). The number of amides is 1. The molecule has 110 valence electrons. The molecule has 0 radical (unpaired) electrons. The van der Waals surface area contributed by atoms with Crippen molar-refractivity contribution in [2.24, 2.45) is 5.73 Å². The zero-order valence-electron chi connectivity index (χ0n) is 12.3. The maximum atomic E-state index is 11.9.